The fourth-order valence-electron chi connectivity index (χ4n) is 1.33. The molecule has 0 bridgehead atoms. The smallest absolute Gasteiger partial charge is 0.0476 e. The van der Waals surface area contributed by atoms with E-state index in [0.717, 1.165) is 24.2 Å². The van der Waals surface area contributed by atoms with Gasteiger partial charge < -0.3 is 10.5 Å². The molecule has 1 heterocycles. The van der Waals surface area contributed by atoms with Crippen molar-refractivity contribution in [3.05, 3.63) is 0 Å². The molecule has 1 aliphatic heterocycles. The average molecular weight is 217 g/mol. The van der Waals surface area contributed by atoms with Crippen molar-refractivity contribution in [3.63, 3.8) is 0 Å². The van der Waals surface area contributed by atoms with Crippen LogP contribution in [0.3, 0.4) is 0 Å². The molecule has 0 spiro atoms. The third-order valence-electron chi connectivity index (χ3n) is 2.79. The molecule has 1 rings (SSSR count). The molecule has 1 saturated heterocycles. The van der Waals surface area contributed by atoms with Gasteiger partial charge in [0, 0.05) is 30.3 Å². The first-order valence-corrected chi connectivity index (χ1v) is 6.50. The van der Waals surface area contributed by atoms with E-state index in [1.165, 1.54) is 12.8 Å². The van der Waals surface area contributed by atoms with E-state index in [-0.39, 0.29) is 5.41 Å². The van der Waals surface area contributed by atoms with Crippen molar-refractivity contribution < 1.29 is 4.74 Å². The van der Waals surface area contributed by atoms with Crippen molar-refractivity contribution in [2.75, 3.05) is 19.0 Å². The summed E-state index contributed by atoms with van der Waals surface area (Å²) in [5, 5.41) is 0.775. The molecular formula is C11H23NOS. The van der Waals surface area contributed by atoms with Crippen LogP contribution in [0.25, 0.3) is 0 Å². The molecule has 0 aliphatic carbocycles. The van der Waals surface area contributed by atoms with E-state index >= 15 is 0 Å². The number of hydrogen-bond donors (Lipinski definition) is 1. The summed E-state index contributed by atoms with van der Waals surface area (Å²) in [6.07, 6.45) is 2.39. The minimum Gasteiger partial charge on any atom is -0.381 e. The Morgan fingerprint density at radius 3 is 2.43 bits per heavy atom. The summed E-state index contributed by atoms with van der Waals surface area (Å²) in [7, 11) is 0. The highest BCUT2D eigenvalue weighted by molar-refractivity contribution is 7.99. The van der Waals surface area contributed by atoms with Crippen molar-refractivity contribution in [1.82, 2.24) is 0 Å². The van der Waals surface area contributed by atoms with Gasteiger partial charge >= 0.3 is 0 Å². The molecule has 1 fully saturated rings. The fourth-order valence-corrected chi connectivity index (χ4v) is 2.84. The maximum Gasteiger partial charge on any atom is 0.0476 e. The summed E-state index contributed by atoms with van der Waals surface area (Å²) >= 11 is 2.03. The van der Waals surface area contributed by atoms with E-state index in [2.05, 4.69) is 20.8 Å². The summed E-state index contributed by atoms with van der Waals surface area (Å²) in [4.78, 5) is 0. The van der Waals surface area contributed by atoms with Crippen LogP contribution in [0.1, 0.15) is 33.6 Å². The zero-order chi connectivity index (χ0) is 10.6. The zero-order valence-electron chi connectivity index (χ0n) is 9.58. The van der Waals surface area contributed by atoms with E-state index in [0.29, 0.717) is 6.04 Å². The van der Waals surface area contributed by atoms with Crippen LogP contribution in [0.15, 0.2) is 0 Å². The lowest BCUT2D eigenvalue weighted by atomic mass is 9.89. The maximum absolute atomic E-state index is 6.12. The van der Waals surface area contributed by atoms with Gasteiger partial charge in [-0.15, -0.1) is 0 Å². The largest absolute Gasteiger partial charge is 0.381 e. The van der Waals surface area contributed by atoms with Gasteiger partial charge in [0.25, 0.3) is 0 Å². The van der Waals surface area contributed by atoms with Crippen LogP contribution in [0.5, 0.6) is 0 Å². The molecule has 0 aromatic carbocycles. The summed E-state index contributed by atoms with van der Waals surface area (Å²) < 4.78 is 5.33. The minimum atomic E-state index is 0.234. The highest BCUT2D eigenvalue weighted by Crippen LogP contribution is 2.26. The average Bonchev–Trinajstić information content (AvgIpc) is 2.14. The van der Waals surface area contributed by atoms with E-state index in [4.69, 9.17) is 10.5 Å². The zero-order valence-corrected chi connectivity index (χ0v) is 10.4. The molecule has 1 unspecified atom stereocenters. The molecule has 3 heteroatoms. The lowest BCUT2D eigenvalue weighted by Crippen LogP contribution is -2.38. The van der Waals surface area contributed by atoms with E-state index in [9.17, 15) is 0 Å². The predicted molar refractivity (Wildman–Crippen MR) is 63.7 cm³/mol. The summed E-state index contributed by atoms with van der Waals surface area (Å²) in [6.45, 7) is 8.50. The first-order valence-electron chi connectivity index (χ1n) is 5.45. The second kappa shape index (κ2) is 5.38. The third kappa shape index (κ3) is 4.20. The normalized spacial score (nSPS) is 22.3. The quantitative estimate of drug-likeness (QED) is 0.787. The van der Waals surface area contributed by atoms with Gasteiger partial charge in [-0.3, -0.25) is 0 Å². The van der Waals surface area contributed by atoms with Gasteiger partial charge in [-0.1, -0.05) is 20.8 Å². The molecule has 0 radical (unpaired) electrons. The van der Waals surface area contributed by atoms with Gasteiger partial charge in [0.2, 0.25) is 0 Å². The van der Waals surface area contributed by atoms with Gasteiger partial charge in [0.05, 0.1) is 0 Å². The molecule has 2 N–H and O–H groups in total. The van der Waals surface area contributed by atoms with Gasteiger partial charge in [-0.05, 0) is 18.3 Å². The first kappa shape index (κ1) is 12.3. The predicted octanol–water partition coefficient (Wildman–Crippen LogP) is 2.27. The number of rotatable bonds is 3. The SMILES string of the molecule is CC(C)(C)C(N)CSC1CCOCC1. The van der Waals surface area contributed by atoms with Crippen molar-refractivity contribution in [1.29, 1.82) is 0 Å². The molecule has 0 saturated carbocycles. The second-order valence-electron chi connectivity index (χ2n) is 5.12. The maximum atomic E-state index is 6.12. The minimum absolute atomic E-state index is 0.234. The molecule has 1 atom stereocenters. The standard InChI is InChI=1S/C11H23NOS/c1-11(2,3)10(12)8-14-9-4-6-13-7-5-9/h9-10H,4-8,12H2,1-3H3. The number of thioether (sulfide) groups is 1. The topological polar surface area (TPSA) is 35.2 Å². The molecule has 0 amide bonds. The van der Waals surface area contributed by atoms with Gasteiger partial charge in [0.1, 0.15) is 0 Å². The fraction of sp³-hybridized carbons (Fsp3) is 1.00. The highest BCUT2D eigenvalue weighted by Gasteiger charge is 2.22. The first-order chi connectivity index (χ1) is 6.50. The van der Waals surface area contributed by atoms with Crippen LogP contribution in [0.2, 0.25) is 0 Å². The van der Waals surface area contributed by atoms with E-state index in [1.54, 1.807) is 0 Å². The van der Waals surface area contributed by atoms with Crippen LogP contribution in [-0.2, 0) is 4.74 Å². The lowest BCUT2D eigenvalue weighted by molar-refractivity contribution is 0.1000. The molecule has 14 heavy (non-hydrogen) atoms. The van der Waals surface area contributed by atoms with Crippen molar-refractivity contribution in [3.8, 4) is 0 Å². The van der Waals surface area contributed by atoms with E-state index in [1.807, 2.05) is 11.8 Å². The molecule has 84 valence electrons. The Morgan fingerprint density at radius 1 is 1.36 bits per heavy atom. The molecule has 2 nitrogen and oxygen atoms in total. The molecule has 1 aliphatic rings. The van der Waals surface area contributed by atoms with Gasteiger partial charge in [0.15, 0.2) is 0 Å². The molecular weight excluding hydrogens is 194 g/mol. The third-order valence-corrected chi connectivity index (χ3v) is 4.29. The van der Waals surface area contributed by atoms with Crippen molar-refractivity contribution in [2.45, 2.75) is 44.9 Å². The molecule has 0 aromatic heterocycles. The Bertz CT molecular complexity index is 161. The van der Waals surface area contributed by atoms with Crippen LogP contribution < -0.4 is 5.73 Å². The van der Waals surface area contributed by atoms with Crippen LogP contribution in [-0.4, -0.2) is 30.3 Å². The van der Waals surface area contributed by atoms with Crippen LogP contribution >= 0.6 is 11.8 Å². The van der Waals surface area contributed by atoms with Crippen molar-refractivity contribution in [2.24, 2.45) is 11.1 Å². The van der Waals surface area contributed by atoms with Crippen LogP contribution in [0, 0.1) is 5.41 Å². The Labute approximate surface area is 92.0 Å². The molecule has 0 aromatic rings. The van der Waals surface area contributed by atoms with Crippen LogP contribution in [0.4, 0.5) is 0 Å². The highest BCUT2D eigenvalue weighted by atomic mass is 32.2. The van der Waals surface area contributed by atoms with Crippen molar-refractivity contribution >= 4 is 11.8 Å². The summed E-state index contributed by atoms with van der Waals surface area (Å²) in [5.74, 6) is 1.08. The Kier molecular flexibility index (Phi) is 4.74. The van der Waals surface area contributed by atoms with E-state index < -0.39 is 0 Å². The second-order valence-corrected chi connectivity index (χ2v) is 6.45. The Hall–Kier alpha value is 0.270. The monoisotopic (exact) mass is 217 g/mol. The number of ether oxygens (including phenoxy) is 1. The number of nitrogens with two attached hydrogens (primary N) is 1. The van der Waals surface area contributed by atoms with Gasteiger partial charge in [-0.2, -0.15) is 11.8 Å². The summed E-state index contributed by atoms with van der Waals surface area (Å²) in [6, 6.07) is 0.301. The number of hydrogen-bond acceptors (Lipinski definition) is 3. The Balaban J connectivity index is 2.19. The summed E-state index contributed by atoms with van der Waals surface area (Å²) in [5.41, 5.74) is 6.35. The Morgan fingerprint density at radius 2 is 1.93 bits per heavy atom. The lowest BCUT2D eigenvalue weighted by Gasteiger charge is -2.29. The van der Waals surface area contributed by atoms with Gasteiger partial charge in [-0.25, -0.2) is 0 Å².